The molecule has 0 spiro atoms. The summed E-state index contributed by atoms with van der Waals surface area (Å²) in [5.74, 6) is 1.30. The Labute approximate surface area is 151 Å². The van der Waals surface area contributed by atoms with Crippen molar-refractivity contribution in [3.05, 3.63) is 60.4 Å². The highest BCUT2D eigenvalue weighted by atomic mass is 16.5. The molecular weight excluding hydrogens is 330 g/mol. The number of amides is 2. The van der Waals surface area contributed by atoms with Crippen molar-refractivity contribution < 1.29 is 14.4 Å². The predicted octanol–water partition coefficient (Wildman–Crippen LogP) is 4.99. The molecule has 2 amide bonds. The molecule has 0 bridgehead atoms. The van der Waals surface area contributed by atoms with Gasteiger partial charge in [0.25, 0.3) is 0 Å². The van der Waals surface area contributed by atoms with Gasteiger partial charge in [-0.25, -0.2) is 4.79 Å². The van der Waals surface area contributed by atoms with Crippen LogP contribution in [-0.4, -0.2) is 16.3 Å². The molecule has 6 heteroatoms. The molecule has 134 valence electrons. The Morgan fingerprint density at radius 3 is 2.08 bits per heavy atom. The maximum absolute atomic E-state index is 12.1. The highest BCUT2D eigenvalue weighted by molar-refractivity contribution is 5.99. The van der Waals surface area contributed by atoms with Crippen LogP contribution in [0.2, 0.25) is 0 Å². The Hall–Kier alpha value is -3.28. The zero-order valence-corrected chi connectivity index (χ0v) is 14.9. The molecule has 0 fully saturated rings. The van der Waals surface area contributed by atoms with Gasteiger partial charge in [-0.2, -0.15) is 0 Å². The van der Waals surface area contributed by atoms with Gasteiger partial charge in [0.05, 0.1) is 0 Å². The van der Waals surface area contributed by atoms with Crippen molar-refractivity contribution in [3.63, 3.8) is 0 Å². The van der Waals surface area contributed by atoms with E-state index in [2.05, 4.69) is 15.8 Å². The smallest absolute Gasteiger partial charge is 0.324 e. The van der Waals surface area contributed by atoms with Crippen LogP contribution in [0, 0.1) is 0 Å². The van der Waals surface area contributed by atoms with Crippen LogP contribution in [0.4, 0.5) is 16.3 Å². The van der Waals surface area contributed by atoms with Crippen molar-refractivity contribution in [2.24, 2.45) is 0 Å². The number of anilines is 2. The predicted molar refractivity (Wildman–Crippen MR) is 101 cm³/mol. The first-order valence-corrected chi connectivity index (χ1v) is 8.26. The molecule has 0 aliphatic carbocycles. The number of hydrogen-bond donors (Lipinski definition) is 3. The van der Waals surface area contributed by atoms with Crippen LogP contribution < -0.4 is 10.6 Å². The molecule has 1 aromatic heterocycles. The van der Waals surface area contributed by atoms with E-state index in [4.69, 9.17) is 4.52 Å². The number of benzene rings is 2. The number of rotatable bonds is 3. The Kier molecular flexibility index (Phi) is 4.67. The van der Waals surface area contributed by atoms with E-state index in [0.717, 1.165) is 11.1 Å². The first-order valence-electron chi connectivity index (χ1n) is 8.26. The third-order valence-electron chi connectivity index (χ3n) is 3.83. The molecular formula is C20H21N3O3. The highest BCUT2D eigenvalue weighted by Crippen LogP contribution is 2.25. The van der Waals surface area contributed by atoms with Gasteiger partial charge in [0.15, 0.2) is 5.82 Å². The number of phenols is 1. The number of nitrogens with zero attached hydrogens (tertiary/aromatic N) is 1. The molecule has 1 heterocycles. The number of aromatic nitrogens is 1. The zero-order valence-electron chi connectivity index (χ0n) is 14.9. The Morgan fingerprint density at radius 2 is 1.54 bits per heavy atom. The quantitative estimate of drug-likeness (QED) is 0.620. The van der Waals surface area contributed by atoms with Gasteiger partial charge in [0.1, 0.15) is 11.5 Å². The van der Waals surface area contributed by atoms with Gasteiger partial charge in [-0.1, -0.05) is 50.2 Å². The summed E-state index contributed by atoms with van der Waals surface area (Å²) in [4.78, 5) is 12.1. The van der Waals surface area contributed by atoms with E-state index in [-0.39, 0.29) is 11.2 Å². The van der Waals surface area contributed by atoms with Crippen LogP contribution in [-0.2, 0) is 5.41 Å². The first kappa shape index (κ1) is 17.5. The molecule has 26 heavy (non-hydrogen) atoms. The summed E-state index contributed by atoms with van der Waals surface area (Å²) in [6.45, 7) is 6.02. The molecule has 6 nitrogen and oxygen atoms in total. The maximum atomic E-state index is 12.1. The molecule has 0 atom stereocenters. The lowest BCUT2D eigenvalue weighted by molar-refractivity contribution is 0.262. The second kappa shape index (κ2) is 6.92. The number of urea groups is 1. The average Bonchev–Trinajstić information content (AvgIpc) is 3.05. The summed E-state index contributed by atoms with van der Waals surface area (Å²) in [5.41, 5.74) is 2.45. The first-order chi connectivity index (χ1) is 12.3. The van der Waals surface area contributed by atoms with Crippen LogP contribution >= 0.6 is 0 Å². The van der Waals surface area contributed by atoms with Crippen molar-refractivity contribution in [2.45, 2.75) is 26.2 Å². The van der Waals surface area contributed by atoms with Crippen LogP contribution in [0.25, 0.3) is 11.1 Å². The second-order valence-electron chi connectivity index (χ2n) is 7.03. The molecule has 0 saturated heterocycles. The van der Waals surface area contributed by atoms with E-state index in [1.165, 1.54) is 0 Å². The lowest BCUT2D eigenvalue weighted by Gasteiger charge is -2.12. The molecule has 0 aliphatic heterocycles. The monoisotopic (exact) mass is 351 g/mol. The van der Waals surface area contributed by atoms with E-state index in [0.29, 0.717) is 17.3 Å². The van der Waals surface area contributed by atoms with Gasteiger partial charge in [0, 0.05) is 17.2 Å². The zero-order chi connectivity index (χ0) is 18.7. The third kappa shape index (κ3) is 4.22. The van der Waals surface area contributed by atoms with Gasteiger partial charge >= 0.3 is 6.03 Å². The van der Waals surface area contributed by atoms with E-state index in [1.807, 2.05) is 57.2 Å². The standard InChI is InChI=1S/C20H21N3O3/c1-20(2,3)17-12-18(23-26-17)22-19(25)21-15-8-4-13(5-9-15)14-6-10-16(24)11-7-14/h4-12,24H,1-3H3,(H2,21,22,23,25). The van der Waals surface area contributed by atoms with E-state index in [9.17, 15) is 9.90 Å². The fraction of sp³-hybridized carbons (Fsp3) is 0.200. The van der Waals surface area contributed by atoms with Crippen LogP contribution in [0.3, 0.4) is 0 Å². The molecule has 0 radical (unpaired) electrons. The van der Waals surface area contributed by atoms with E-state index < -0.39 is 6.03 Å². The van der Waals surface area contributed by atoms with Crippen molar-refractivity contribution in [2.75, 3.05) is 10.6 Å². The number of nitrogens with one attached hydrogen (secondary N) is 2. The van der Waals surface area contributed by atoms with Gasteiger partial charge in [-0.3, -0.25) is 5.32 Å². The minimum atomic E-state index is -0.392. The Morgan fingerprint density at radius 1 is 0.962 bits per heavy atom. The van der Waals surface area contributed by atoms with Gasteiger partial charge in [-0.15, -0.1) is 0 Å². The summed E-state index contributed by atoms with van der Waals surface area (Å²) in [6, 6.07) is 15.7. The van der Waals surface area contributed by atoms with Gasteiger partial charge in [-0.05, 0) is 35.4 Å². The summed E-state index contributed by atoms with van der Waals surface area (Å²) in [6.07, 6.45) is 0. The number of carbonyl (C=O) groups is 1. The van der Waals surface area contributed by atoms with Crippen LogP contribution in [0.1, 0.15) is 26.5 Å². The van der Waals surface area contributed by atoms with Crippen molar-refractivity contribution in [3.8, 4) is 16.9 Å². The van der Waals surface area contributed by atoms with E-state index >= 15 is 0 Å². The topological polar surface area (TPSA) is 87.4 Å². The lowest BCUT2D eigenvalue weighted by Crippen LogP contribution is -2.19. The third-order valence-corrected chi connectivity index (χ3v) is 3.83. The normalized spacial score (nSPS) is 11.2. The molecule has 3 aromatic rings. The van der Waals surface area contributed by atoms with Gasteiger partial charge < -0.3 is 14.9 Å². The SMILES string of the molecule is CC(C)(C)c1cc(NC(=O)Nc2ccc(-c3ccc(O)cc3)cc2)no1. The van der Waals surface area contributed by atoms with Gasteiger partial charge in [0.2, 0.25) is 0 Å². The summed E-state index contributed by atoms with van der Waals surface area (Å²) >= 11 is 0. The maximum Gasteiger partial charge on any atom is 0.324 e. The molecule has 0 unspecified atom stereocenters. The number of carbonyl (C=O) groups excluding carboxylic acids is 1. The molecule has 0 aliphatic rings. The molecule has 2 aromatic carbocycles. The fourth-order valence-corrected chi connectivity index (χ4v) is 2.37. The van der Waals surface area contributed by atoms with Crippen molar-refractivity contribution in [1.82, 2.24) is 5.16 Å². The minimum Gasteiger partial charge on any atom is -0.508 e. The largest absolute Gasteiger partial charge is 0.508 e. The lowest BCUT2D eigenvalue weighted by atomic mass is 9.93. The Bertz CT molecular complexity index is 891. The fourth-order valence-electron chi connectivity index (χ4n) is 2.37. The number of aromatic hydroxyl groups is 1. The van der Waals surface area contributed by atoms with Crippen LogP contribution in [0.15, 0.2) is 59.1 Å². The summed E-state index contributed by atoms with van der Waals surface area (Å²) < 4.78 is 5.24. The second-order valence-corrected chi connectivity index (χ2v) is 7.03. The van der Waals surface area contributed by atoms with E-state index in [1.54, 1.807) is 18.2 Å². The Balaban J connectivity index is 1.62. The number of hydrogen-bond acceptors (Lipinski definition) is 4. The molecule has 3 N–H and O–H groups in total. The molecule has 0 saturated carbocycles. The minimum absolute atomic E-state index is 0.173. The number of phenolic OH excluding ortho intramolecular Hbond substituents is 1. The summed E-state index contributed by atoms with van der Waals surface area (Å²) in [7, 11) is 0. The highest BCUT2D eigenvalue weighted by Gasteiger charge is 2.20. The van der Waals surface area contributed by atoms with Crippen molar-refractivity contribution >= 4 is 17.5 Å². The summed E-state index contributed by atoms with van der Waals surface area (Å²) in [5, 5.41) is 18.6. The van der Waals surface area contributed by atoms with Crippen molar-refractivity contribution in [1.29, 1.82) is 0 Å². The van der Waals surface area contributed by atoms with Crippen LogP contribution in [0.5, 0.6) is 5.75 Å². The average molecular weight is 351 g/mol. The molecule has 3 rings (SSSR count).